The van der Waals surface area contributed by atoms with Gasteiger partial charge in [-0.3, -0.25) is 4.68 Å². The molecule has 0 aliphatic carbocycles. The van der Waals surface area contributed by atoms with Crippen molar-refractivity contribution in [2.24, 2.45) is 5.73 Å². The number of nitrogens with zero attached hydrogens (tertiary/aromatic N) is 3. The van der Waals surface area contributed by atoms with Gasteiger partial charge < -0.3 is 5.73 Å². The number of aromatic nitrogens is 3. The molecule has 0 aliphatic rings. The monoisotopic (exact) mass is 315 g/mol. The number of rotatable bonds is 6. The van der Waals surface area contributed by atoms with E-state index in [2.05, 4.69) is 14.8 Å². The zero-order valence-electron chi connectivity index (χ0n) is 11.3. The predicted octanol–water partition coefficient (Wildman–Crippen LogP) is 0.512. The molecule has 2 heterocycles. The van der Waals surface area contributed by atoms with Crippen molar-refractivity contribution in [2.75, 3.05) is 6.54 Å². The van der Waals surface area contributed by atoms with E-state index in [4.69, 9.17) is 5.73 Å². The standard InChI is InChI=1S/C11H17N5O2S2/c1-11(2,10-13-4-6-19-10)15-20(17,18)9-7-14-16(8-9)5-3-12/h4,6-8,15H,3,5,12H2,1-2H3. The maximum atomic E-state index is 12.3. The molecule has 0 fully saturated rings. The van der Waals surface area contributed by atoms with Gasteiger partial charge in [-0.25, -0.2) is 13.4 Å². The van der Waals surface area contributed by atoms with E-state index in [0.717, 1.165) is 0 Å². The molecule has 20 heavy (non-hydrogen) atoms. The van der Waals surface area contributed by atoms with Crippen molar-refractivity contribution in [2.45, 2.75) is 30.8 Å². The molecule has 2 aromatic rings. The minimum atomic E-state index is -3.65. The second-order valence-corrected chi connectivity index (χ2v) is 7.37. The van der Waals surface area contributed by atoms with E-state index in [-0.39, 0.29) is 4.90 Å². The quantitative estimate of drug-likeness (QED) is 0.808. The molecule has 0 saturated carbocycles. The first-order valence-electron chi connectivity index (χ1n) is 6.01. The van der Waals surface area contributed by atoms with Crippen molar-refractivity contribution in [3.05, 3.63) is 29.0 Å². The van der Waals surface area contributed by atoms with Gasteiger partial charge in [-0.1, -0.05) is 0 Å². The second kappa shape index (κ2) is 5.60. The molecule has 0 amide bonds. The van der Waals surface area contributed by atoms with Crippen LogP contribution in [-0.4, -0.2) is 29.7 Å². The largest absolute Gasteiger partial charge is 0.329 e. The molecule has 0 saturated heterocycles. The minimum Gasteiger partial charge on any atom is -0.329 e. The van der Waals surface area contributed by atoms with Gasteiger partial charge in [0.15, 0.2) is 0 Å². The average Bonchev–Trinajstić information content (AvgIpc) is 2.99. The number of hydrogen-bond acceptors (Lipinski definition) is 6. The van der Waals surface area contributed by atoms with Gasteiger partial charge in [0.05, 0.1) is 18.3 Å². The Kier molecular flexibility index (Phi) is 4.23. The molecule has 0 bridgehead atoms. The highest BCUT2D eigenvalue weighted by atomic mass is 32.2. The summed E-state index contributed by atoms with van der Waals surface area (Å²) in [6.07, 6.45) is 4.43. The van der Waals surface area contributed by atoms with Crippen LogP contribution < -0.4 is 10.5 Å². The van der Waals surface area contributed by atoms with Crippen LogP contribution in [-0.2, 0) is 22.1 Å². The summed E-state index contributed by atoms with van der Waals surface area (Å²) in [5.41, 5.74) is 4.64. The number of thiazole rings is 1. The van der Waals surface area contributed by atoms with Crippen molar-refractivity contribution in [1.29, 1.82) is 0 Å². The second-order valence-electron chi connectivity index (χ2n) is 4.80. The van der Waals surface area contributed by atoms with Gasteiger partial charge in [0.2, 0.25) is 10.0 Å². The van der Waals surface area contributed by atoms with Crippen LogP contribution in [0, 0.1) is 0 Å². The Hall–Kier alpha value is -1.29. The first-order valence-corrected chi connectivity index (χ1v) is 8.38. The van der Waals surface area contributed by atoms with Gasteiger partial charge in [-0.2, -0.15) is 9.82 Å². The van der Waals surface area contributed by atoms with Crippen molar-refractivity contribution < 1.29 is 8.42 Å². The number of sulfonamides is 1. The van der Waals surface area contributed by atoms with Crippen LogP contribution in [0.5, 0.6) is 0 Å². The molecule has 0 unspecified atom stereocenters. The lowest BCUT2D eigenvalue weighted by atomic mass is 10.1. The summed E-state index contributed by atoms with van der Waals surface area (Å²) >= 11 is 1.40. The van der Waals surface area contributed by atoms with Crippen molar-refractivity contribution >= 4 is 21.4 Å². The highest BCUT2D eigenvalue weighted by Gasteiger charge is 2.30. The van der Waals surface area contributed by atoms with Crippen LogP contribution >= 0.6 is 11.3 Å². The SMILES string of the molecule is CC(C)(NS(=O)(=O)c1cnn(CCN)c1)c1nccs1. The maximum Gasteiger partial charge on any atom is 0.244 e. The third kappa shape index (κ3) is 3.23. The van der Waals surface area contributed by atoms with E-state index >= 15 is 0 Å². The molecular weight excluding hydrogens is 298 g/mol. The molecule has 2 rings (SSSR count). The first kappa shape index (κ1) is 15.1. The van der Waals surface area contributed by atoms with Gasteiger partial charge >= 0.3 is 0 Å². The van der Waals surface area contributed by atoms with Crippen molar-refractivity contribution in [3.8, 4) is 0 Å². The van der Waals surface area contributed by atoms with E-state index < -0.39 is 15.6 Å². The summed E-state index contributed by atoms with van der Waals surface area (Å²) < 4.78 is 28.8. The normalized spacial score (nSPS) is 12.8. The van der Waals surface area contributed by atoms with E-state index in [1.165, 1.54) is 28.4 Å². The zero-order chi connectivity index (χ0) is 14.8. The average molecular weight is 315 g/mol. The van der Waals surface area contributed by atoms with Crippen LogP contribution in [0.25, 0.3) is 0 Å². The molecule has 110 valence electrons. The van der Waals surface area contributed by atoms with Crippen LogP contribution in [0.4, 0.5) is 0 Å². The fraction of sp³-hybridized carbons (Fsp3) is 0.455. The summed E-state index contributed by atoms with van der Waals surface area (Å²) in [4.78, 5) is 4.28. The Bertz CT molecular complexity index is 661. The van der Waals surface area contributed by atoms with Gasteiger partial charge in [0, 0.05) is 24.3 Å². The number of nitrogens with two attached hydrogens (primary N) is 1. The van der Waals surface area contributed by atoms with E-state index in [0.29, 0.717) is 18.1 Å². The first-order chi connectivity index (χ1) is 9.35. The molecular formula is C11H17N5O2S2. The summed E-state index contributed by atoms with van der Waals surface area (Å²) in [7, 11) is -3.65. The summed E-state index contributed by atoms with van der Waals surface area (Å²) in [5.74, 6) is 0. The lowest BCUT2D eigenvalue weighted by Crippen LogP contribution is -2.40. The molecule has 7 nitrogen and oxygen atoms in total. The topological polar surface area (TPSA) is 103 Å². The zero-order valence-corrected chi connectivity index (χ0v) is 12.9. The highest BCUT2D eigenvalue weighted by molar-refractivity contribution is 7.89. The van der Waals surface area contributed by atoms with Gasteiger partial charge in [-0.05, 0) is 13.8 Å². The Labute approximate surface area is 121 Å². The summed E-state index contributed by atoms with van der Waals surface area (Å²) in [6, 6.07) is 0. The van der Waals surface area contributed by atoms with E-state index in [1.807, 2.05) is 5.38 Å². The van der Waals surface area contributed by atoms with Crippen molar-refractivity contribution in [3.63, 3.8) is 0 Å². The lowest BCUT2D eigenvalue weighted by Gasteiger charge is -2.22. The molecule has 0 spiro atoms. The van der Waals surface area contributed by atoms with E-state index in [1.54, 1.807) is 20.0 Å². The maximum absolute atomic E-state index is 12.3. The third-order valence-electron chi connectivity index (χ3n) is 2.63. The number of hydrogen-bond donors (Lipinski definition) is 2. The summed E-state index contributed by atoms with van der Waals surface area (Å²) in [5, 5.41) is 6.48. The fourth-order valence-electron chi connectivity index (χ4n) is 1.71. The van der Waals surface area contributed by atoms with Gasteiger partial charge in [0.25, 0.3) is 0 Å². The van der Waals surface area contributed by atoms with Crippen LogP contribution in [0.1, 0.15) is 18.9 Å². The molecule has 0 aliphatic heterocycles. The molecule has 3 N–H and O–H groups in total. The van der Waals surface area contributed by atoms with Gasteiger partial charge in [-0.15, -0.1) is 11.3 Å². The van der Waals surface area contributed by atoms with Crippen LogP contribution in [0.15, 0.2) is 28.9 Å². The predicted molar refractivity (Wildman–Crippen MR) is 76.7 cm³/mol. The third-order valence-corrected chi connectivity index (χ3v) is 5.34. The lowest BCUT2D eigenvalue weighted by molar-refractivity contribution is 0.469. The Balaban J connectivity index is 2.22. The molecule has 9 heteroatoms. The summed E-state index contributed by atoms with van der Waals surface area (Å²) in [6.45, 7) is 4.42. The van der Waals surface area contributed by atoms with Crippen LogP contribution in [0.2, 0.25) is 0 Å². The molecule has 0 radical (unpaired) electrons. The Morgan fingerprint density at radius 3 is 2.85 bits per heavy atom. The molecule has 2 aromatic heterocycles. The smallest absolute Gasteiger partial charge is 0.244 e. The van der Waals surface area contributed by atoms with Crippen molar-refractivity contribution in [1.82, 2.24) is 19.5 Å². The van der Waals surface area contributed by atoms with E-state index in [9.17, 15) is 8.42 Å². The van der Waals surface area contributed by atoms with Gasteiger partial charge in [0.1, 0.15) is 9.90 Å². The molecule has 0 atom stereocenters. The minimum absolute atomic E-state index is 0.121. The fourth-order valence-corrected chi connectivity index (χ4v) is 3.82. The number of nitrogens with one attached hydrogen (secondary N) is 1. The molecule has 0 aromatic carbocycles. The Morgan fingerprint density at radius 2 is 2.25 bits per heavy atom. The Morgan fingerprint density at radius 1 is 1.50 bits per heavy atom. The highest BCUT2D eigenvalue weighted by Crippen LogP contribution is 2.24. The van der Waals surface area contributed by atoms with Crippen LogP contribution in [0.3, 0.4) is 0 Å².